The minimum absolute atomic E-state index is 0.835. The Morgan fingerprint density at radius 1 is 0.931 bits per heavy atom. The first kappa shape index (κ1) is 20.0. The van der Waals surface area contributed by atoms with Crippen LogP contribution in [0.25, 0.3) is 11.0 Å². The summed E-state index contributed by atoms with van der Waals surface area (Å²) in [6.07, 6.45) is 5.27. The van der Waals surface area contributed by atoms with E-state index < -0.39 is 0 Å². The van der Waals surface area contributed by atoms with Crippen molar-refractivity contribution in [3.05, 3.63) is 83.7 Å². The van der Waals surface area contributed by atoms with Crippen molar-refractivity contribution in [2.24, 2.45) is 0 Å². The van der Waals surface area contributed by atoms with Gasteiger partial charge in [0, 0.05) is 16.8 Å². The monoisotopic (exact) mass is 419 g/mol. The van der Waals surface area contributed by atoms with E-state index in [1.54, 1.807) is 11.8 Å². The molecule has 2 heterocycles. The molecule has 0 aliphatic carbocycles. The molecular formula is C24H25N3S2. The summed E-state index contributed by atoms with van der Waals surface area (Å²) in [6, 6.07) is 21.1. The summed E-state index contributed by atoms with van der Waals surface area (Å²) in [5.41, 5.74) is 6.07. The van der Waals surface area contributed by atoms with Crippen LogP contribution in [0.15, 0.2) is 76.9 Å². The van der Waals surface area contributed by atoms with Crippen LogP contribution >= 0.6 is 23.5 Å². The van der Waals surface area contributed by atoms with E-state index in [1.807, 2.05) is 36.2 Å². The summed E-state index contributed by atoms with van der Waals surface area (Å²) in [5, 5.41) is 0.955. The molecule has 0 aliphatic rings. The van der Waals surface area contributed by atoms with Crippen LogP contribution in [-0.2, 0) is 18.6 Å². The van der Waals surface area contributed by atoms with Gasteiger partial charge in [0.25, 0.3) is 0 Å². The maximum Gasteiger partial charge on any atom is 0.166 e. The van der Waals surface area contributed by atoms with Crippen LogP contribution in [0.3, 0.4) is 0 Å². The van der Waals surface area contributed by atoms with E-state index in [4.69, 9.17) is 0 Å². The highest BCUT2D eigenvalue weighted by molar-refractivity contribution is 7.99. The molecule has 29 heavy (non-hydrogen) atoms. The molecule has 0 spiro atoms. The zero-order valence-electron chi connectivity index (χ0n) is 16.6. The van der Waals surface area contributed by atoms with Gasteiger partial charge in [0.1, 0.15) is 0 Å². The second-order valence-electron chi connectivity index (χ2n) is 6.87. The Morgan fingerprint density at radius 3 is 2.59 bits per heavy atom. The van der Waals surface area contributed by atoms with Gasteiger partial charge in [0.2, 0.25) is 0 Å². The van der Waals surface area contributed by atoms with Crippen LogP contribution in [0.5, 0.6) is 0 Å². The topological polar surface area (TPSA) is 41.6 Å². The van der Waals surface area contributed by atoms with Gasteiger partial charge in [-0.15, -0.1) is 11.8 Å². The van der Waals surface area contributed by atoms with Crippen LogP contribution in [0.4, 0.5) is 0 Å². The van der Waals surface area contributed by atoms with Crippen LogP contribution in [0.2, 0.25) is 0 Å². The van der Waals surface area contributed by atoms with Crippen molar-refractivity contribution < 1.29 is 0 Å². The van der Waals surface area contributed by atoms with Crippen LogP contribution in [-0.4, -0.2) is 20.7 Å². The number of nitrogens with zero attached hydrogens (tertiary/aromatic N) is 2. The number of benzene rings is 2. The lowest BCUT2D eigenvalue weighted by atomic mass is 10.1. The van der Waals surface area contributed by atoms with Gasteiger partial charge in [-0.25, -0.2) is 4.98 Å². The van der Waals surface area contributed by atoms with Gasteiger partial charge in [-0.05, 0) is 54.3 Å². The molecule has 0 atom stereocenters. The van der Waals surface area contributed by atoms with E-state index in [-0.39, 0.29) is 0 Å². The van der Waals surface area contributed by atoms with Crippen molar-refractivity contribution >= 4 is 34.6 Å². The SMILES string of the molecule is CCc1c(SCCCc2ccccc2)ccnc1CSc1nc2ccccc2[nH]1. The molecule has 0 saturated carbocycles. The Morgan fingerprint density at radius 2 is 1.76 bits per heavy atom. The number of imidazole rings is 1. The first-order chi connectivity index (χ1) is 14.3. The number of hydrogen-bond donors (Lipinski definition) is 1. The van der Waals surface area contributed by atoms with Gasteiger partial charge in [0.15, 0.2) is 5.16 Å². The number of fused-ring (bicyclic) bond motifs is 1. The average molecular weight is 420 g/mol. The first-order valence-corrected chi connectivity index (χ1v) is 12.0. The molecule has 0 radical (unpaired) electrons. The lowest BCUT2D eigenvalue weighted by Gasteiger charge is -2.12. The highest BCUT2D eigenvalue weighted by Crippen LogP contribution is 2.29. The zero-order valence-corrected chi connectivity index (χ0v) is 18.2. The van der Waals surface area contributed by atoms with Crippen molar-refractivity contribution in [1.82, 2.24) is 15.0 Å². The summed E-state index contributed by atoms with van der Waals surface area (Å²) < 4.78 is 0. The smallest absolute Gasteiger partial charge is 0.166 e. The lowest BCUT2D eigenvalue weighted by molar-refractivity contribution is 0.929. The minimum atomic E-state index is 0.835. The Balaban J connectivity index is 1.37. The van der Waals surface area contributed by atoms with Crippen molar-refractivity contribution in [1.29, 1.82) is 0 Å². The number of rotatable bonds is 9. The molecule has 0 saturated heterocycles. The minimum Gasteiger partial charge on any atom is -0.333 e. The maximum absolute atomic E-state index is 4.68. The van der Waals surface area contributed by atoms with Crippen molar-refractivity contribution in [3.63, 3.8) is 0 Å². The van der Waals surface area contributed by atoms with Crippen LogP contribution < -0.4 is 0 Å². The fraction of sp³-hybridized carbons (Fsp3) is 0.250. The van der Waals surface area contributed by atoms with Gasteiger partial charge in [0.05, 0.1) is 16.7 Å². The normalized spacial score (nSPS) is 11.2. The van der Waals surface area contributed by atoms with Gasteiger partial charge in [-0.3, -0.25) is 4.98 Å². The molecule has 5 heteroatoms. The molecule has 0 aliphatic heterocycles. The Labute approximate surface area is 180 Å². The highest BCUT2D eigenvalue weighted by atomic mass is 32.2. The number of H-pyrrole nitrogens is 1. The summed E-state index contributed by atoms with van der Waals surface area (Å²) >= 11 is 3.68. The number of pyridine rings is 1. The summed E-state index contributed by atoms with van der Waals surface area (Å²) in [5.74, 6) is 1.96. The number of aryl methyl sites for hydroxylation is 1. The molecule has 0 bridgehead atoms. The van der Waals surface area contributed by atoms with Gasteiger partial charge in [-0.2, -0.15) is 0 Å². The fourth-order valence-corrected chi connectivity index (χ4v) is 5.36. The number of thioether (sulfide) groups is 2. The third-order valence-electron chi connectivity index (χ3n) is 4.88. The molecule has 3 nitrogen and oxygen atoms in total. The highest BCUT2D eigenvalue weighted by Gasteiger charge is 2.11. The third-order valence-corrected chi connectivity index (χ3v) is 6.95. The maximum atomic E-state index is 4.68. The summed E-state index contributed by atoms with van der Waals surface area (Å²) in [6.45, 7) is 2.22. The van der Waals surface area contributed by atoms with Gasteiger partial charge >= 0.3 is 0 Å². The van der Waals surface area contributed by atoms with E-state index in [1.165, 1.54) is 28.1 Å². The number of aromatic amines is 1. The van der Waals surface area contributed by atoms with Crippen molar-refractivity contribution in [2.75, 3.05) is 5.75 Å². The Bertz CT molecular complexity index is 1030. The van der Waals surface area contributed by atoms with Gasteiger partial charge < -0.3 is 4.98 Å². The third kappa shape index (κ3) is 5.22. The average Bonchev–Trinajstić information content (AvgIpc) is 3.19. The second-order valence-corrected chi connectivity index (χ2v) is 8.97. The summed E-state index contributed by atoms with van der Waals surface area (Å²) in [7, 11) is 0. The molecule has 1 N–H and O–H groups in total. The fourth-order valence-electron chi connectivity index (χ4n) is 3.39. The number of nitrogens with one attached hydrogen (secondary N) is 1. The first-order valence-electron chi connectivity index (χ1n) is 10.0. The zero-order chi connectivity index (χ0) is 19.9. The molecule has 148 valence electrons. The van der Waals surface area contributed by atoms with Crippen LogP contribution in [0.1, 0.15) is 30.2 Å². The molecule has 4 rings (SSSR count). The van der Waals surface area contributed by atoms with E-state index in [0.29, 0.717) is 0 Å². The second kappa shape index (κ2) is 9.99. The molecule has 2 aromatic carbocycles. The predicted octanol–water partition coefficient (Wildman–Crippen LogP) is 6.54. The standard InChI is InChI=1S/C24H25N3S2/c1-2-19-22(17-29-24-26-20-12-6-7-13-21(20)27-24)25-15-14-23(19)28-16-8-11-18-9-4-3-5-10-18/h3-7,9-10,12-15H,2,8,11,16-17H2,1H3,(H,26,27). The number of hydrogen-bond acceptors (Lipinski definition) is 4. The molecule has 0 unspecified atom stereocenters. The van der Waals surface area contributed by atoms with Crippen molar-refractivity contribution in [3.8, 4) is 0 Å². The Kier molecular flexibility index (Phi) is 6.91. The molecule has 2 aromatic heterocycles. The number of aromatic nitrogens is 3. The van der Waals surface area contributed by atoms with E-state index >= 15 is 0 Å². The van der Waals surface area contributed by atoms with E-state index in [9.17, 15) is 0 Å². The van der Waals surface area contributed by atoms with E-state index in [0.717, 1.165) is 40.5 Å². The van der Waals surface area contributed by atoms with Crippen LogP contribution in [0, 0.1) is 0 Å². The summed E-state index contributed by atoms with van der Waals surface area (Å²) in [4.78, 5) is 14.1. The largest absolute Gasteiger partial charge is 0.333 e. The molecule has 4 aromatic rings. The van der Waals surface area contributed by atoms with Gasteiger partial charge in [-0.1, -0.05) is 61.2 Å². The number of para-hydroxylation sites is 2. The molecule has 0 amide bonds. The lowest BCUT2D eigenvalue weighted by Crippen LogP contribution is -1.98. The Hall–Kier alpha value is -2.24. The quantitative estimate of drug-likeness (QED) is 0.247. The van der Waals surface area contributed by atoms with E-state index in [2.05, 4.69) is 64.3 Å². The molecular weight excluding hydrogens is 394 g/mol. The predicted molar refractivity (Wildman–Crippen MR) is 125 cm³/mol. The van der Waals surface area contributed by atoms with Crippen molar-refractivity contribution in [2.45, 2.75) is 42.0 Å². The molecule has 0 fully saturated rings.